The molecule has 39 heavy (non-hydrogen) atoms. The van der Waals surface area contributed by atoms with Gasteiger partial charge in [-0.3, -0.25) is 23.8 Å². The molecule has 3 fully saturated rings. The lowest BCUT2D eigenvalue weighted by Crippen LogP contribution is -2.74. The van der Waals surface area contributed by atoms with Gasteiger partial charge in [0.25, 0.3) is 11.8 Å². The van der Waals surface area contributed by atoms with Crippen LogP contribution in [-0.2, 0) is 32.8 Å². The van der Waals surface area contributed by atoms with Crippen LogP contribution < -0.4 is 0 Å². The van der Waals surface area contributed by atoms with Crippen LogP contribution in [0.1, 0.15) is 73.6 Å². The molecule has 3 heterocycles. The van der Waals surface area contributed by atoms with Gasteiger partial charge in [-0.2, -0.15) is 5.06 Å². The molecule has 11 nitrogen and oxygen atoms in total. The molecule has 0 N–H and O–H groups in total. The van der Waals surface area contributed by atoms with Crippen LogP contribution in [0.2, 0.25) is 0 Å². The van der Waals surface area contributed by atoms with Crippen molar-refractivity contribution >= 4 is 25.3 Å². The van der Waals surface area contributed by atoms with Crippen LogP contribution in [-0.4, -0.2) is 108 Å². The second-order valence-corrected chi connectivity index (χ2v) is 13.9. The number of fused-ring (bicyclic) bond motifs is 1. The van der Waals surface area contributed by atoms with E-state index in [2.05, 4.69) is 11.9 Å². The lowest BCUT2D eigenvalue weighted by Gasteiger charge is -2.54. The monoisotopic (exact) mass is 572 g/mol. The van der Waals surface area contributed by atoms with Crippen molar-refractivity contribution in [3.8, 4) is 0 Å². The molecule has 3 aliphatic rings. The maximum absolute atomic E-state index is 14.0. The van der Waals surface area contributed by atoms with Gasteiger partial charge < -0.3 is 23.7 Å². The Morgan fingerprint density at radius 3 is 2.23 bits per heavy atom. The van der Waals surface area contributed by atoms with Crippen LogP contribution in [0.5, 0.6) is 0 Å². The summed E-state index contributed by atoms with van der Waals surface area (Å²) >= 11 is 0. The molecule has 0 radical (unpaired) electrons. The van der Waals surface area contributed by atoms with Crippen molar-refractivity contribution in [1.29, 1.82) is 0 Å². The fourth-order valence-electron chi connectivity index (χ4n) is 5.86. The third-order valence-corrected chi connectivity index (χ3v) is 9.56. The standard InChI is InChI=1S/C27H49N4O7P/c1-8-36-39(35,37-9-2)18-25(32)31-24-17-29(21-11-10-13-28(7)14-12-21)26(33)22(15-19(3)4)30(24)27(34)23(38-31)16-20(5)6/h19-24H,8-18H2,1-7H3/t21?,22-,23+,24-/m0/s1. The number of carbonyl (C=O) groups is 3. The molecule has 224 valence electrons. The molecular formula is C27H49N4O7P. The summed E-state index contributed by atoms with van der Waals surface area (Å²) in [4.78, 5) is 53.5. The molecule has 12 heteroatoms. The van der Waals surface area contributed by atoms with E-state index < -0.39 is 38.0 Å². The lowest BCUT2D eigenvalue weighted by atomic mass is 9.93. The first kappa shape index (κ1) is 32.0. The average molecular weight is 573 g/mol. The van der Waals surface area contributed by atoms with Crippen molar-refractivity contribution in [2.75, 3.05) is 46.1 Å². The number of carbonyl (C=O) groups excluding carboxylic acids is 3. The summed E-state index contributed by atoms with van der Waals surface area (Å²) in [5, 5.41) is 1.20. The van der Waals surface area contributed by atoms with Gasteiger partial charge in [0, 0.05) is 6.04 Å². The Kier molecular flexibility index (Phi) is 11.4. The van der Waals surface area contributed by atoms with E-state index in [1.54, 1.807) is 18.7 Å². The molecule has 0 bridgehead atoms. The van der Waals surface area contributed by atoms with Crippen molar-refractivity contribution in [3.05, 3.63) is 0 Å². The molecule has 3 saturated heterocycles. The summed E-state index contributed by atoms with van der Waals surface area (Å²) in [5.41, 5.74) is 0. The van der Waals surface area contributed by atoms with Crippen LogP contribution >= 0.6 is 7.60 Å². The predicted molar refractivity (Wildman–Crippen MR) is 148 cm³/mol. The van der Waals surface area contributed by atoms with Crippen LogP contribution in [0.25, 0.3) is 0 Å². The Bertz CT molecular complexity index is 907. The highest BCUT2D eigenvalue weighted by atomic mass is 31.2. The zero-order chi connectivity index (χ0) is 28.9. The molecule has 0 saturated carbocycles. The molecule has 0 aromatic rings. The van der Waals surface area contributed by atoms with Gasteiger partial charge in [0.15, 0.2) is 12.3 Å². The normalized spacial score (nSPS) is 27.4. The number of hydrogen-bond donors (Lipinski definition) is 0. The summed E-state index contributed by atoms with van der Waals surface area (Å²) in [7, 11) is -1.63. The molecule has 4 atom stereocenters. The van der Waals surface area contributed by atoms with E-state index in [-0.39, 0.29) is 49.5 Å². The van der Waals surface area contributed by atoms with Crippen molar-refractivity contribution in [3.63, 3.8) is 0 Å². The first-order chi connectivity index (χ1) is 18.4. The SMILES string of the molecule is CCOP(=O)(CC(=O)N1O[C@H](CC(C)C)C(=O)N2[C@@H]1CN(C1CCCN(C)CC1)C(=O)[C@@H]2CC(C)C)OCC. The van der Waals surface area contributed by atoms with Gasteiger partial charge in [-0.05, 0) is 77.9 Å². The minimum absolute atomic E-state index is 0.0117. The molecule has 0 aromatic carbocycles. The van der Waals surface area contributed by atoms with E-state index >= 15 is 0 Å². The number of rotatable bonds is 11. The Morgan fingerprint density at radius 2 is 1.64 bits per heavy atom. The molecule has 0 spiro atoms. The van der Waals surface area contributed by atoms with Gasteiger partial charge >= 0.3 is 7.60 Å². The van der Waals surface area contributed by atoms with E-state index in [9.17, 15) is 18.9 Å². The lowest BCUT2D eigenvalue weighted by molar-refractivity contribution is -0.276. The first-order valence-corrected chi connectivity index (χ1v) is 16.3. The molecule has 3 rings (SSSR count). The topological polar surface area (TPSA) is 109 Å². The maximum atomic E-state index is 14.0. The Morgan fingerprint density at radius 1 is 1.00 bits per heavy atom. The smallest absolute Gasteiger partial charge is 0.334 e. The zero-order valence-electron chi connectivity index (χ0n) is 24.8. The number of piperazine rings is 1. The molecule has 3 aliphatic heterocycles. The van der Waals surface area contributed by atoms with Crippen LogP contribution in [0.15, 0.2) is 0 Å². The number of hydrogen-bond acceptors (Lipinski definition) is 8. The second kappa shape index (κ2) is 13.9. The summed E-state index contributed by atoms with van der Waals surface area (Å²) in [6.07, 6.45) is 1.30. The fourth-order valence-corrected chi connectivity index (χ4v) is 7.37. The highest BCUT2D eigenvalue weighted by Gasteiger charge is 2.54. The van der Waals surface area contributed by atoms with E-state index in [4.69, 9.17) is 13.9 Å². The Hall–Kier alpha value is -1.52. The van der Waals surface area contributed by atoms with Crippen LogP contribution in [0.4, 0.5) is 0 Å². The minimum atomic E-state index is -3.72. The quantitative estimate of drug-likeness (QED) is 0.347. The molecule has 0 aliphatic carbocycles. The largest absolute Gasteiger partial charge is 0.340 e. The van der Waals surface area contributed by atoms with Crippen LogP contribution in [0.3, 0.4) is 0 Å². The Labute approximate surface area is 233 Å². The fraction of sp³-hybridized carbons (Fsp3) is 0.889. The minimum Gasteiger partial charge on any atom is -0.334 e. The van der Waals surface area contributed by atoms with Gasteiger partial charge in [0.2, 0.25) is 5.91 Å². The van der Waals surface area contributed by atoms with Gasteiger partial charge in [0.05, 0.1) is 19.8 Å². The highest BCUT2D eigenvalue weighted by Crippen LogP contribution is 2.48. The zero-order valence-corrected chi connectivity index (χ0v) is 25.7. The van der Waals surface area contributed by atoms with E-state index in [1.807, 2.05) is 32.6 Å². The summed E-state index contributed by atoms with van der Waals surface area (Å²) in [6.45, 7) is 13.7. The molecular weight excluding hydrogens is 523 g/mol. The van der Waals surface area contributed by atoms with E-state index in [0.29, 0.717) is 12.8 Å². The third kappa shape index (κ3) is 7.82. The van der Waals surface area contributed by atoms with Gasteiger partial charge in [-0.15, -0.1) is 0 Å². The van der Waals surface area contributed by atoms with Crippen LogP contribution in [0, 0.1) is 11.8 Å². The number of nitrogens with zero attached hydrogens (tertiary/aromatic N) is 4. The molecule has 3 amide bonds. The average Bonchev–Trinajstić information content (AvgIpc) is 3.06. The van der Waals surface area contributed by atoms with Crippen molar-refractivity contribution < 1.29 is 32.8 Å². The maximum Gasteiger partial charge on any atom is 0.340 e. The summed E-state index contributed by atoms with van der Waals surface area (Å²) in [5.74, 6) is -0.632. The number of likely N-dealkylation sites (tertiary alicyclic amines) is 1. The van der Waals surface area contributed by atoms with Crippen molar-refractivity contribution in [1.82, 2.24) is 19.8 Å². The number of amides is 3. The first-order valence-electron chi connectivity index (χ1n) is 14.6. The van der Waals surface area contributed by atoms with E-state index in [0.717, 1.165) is 32.4 Å². The summed E-state index contributed by atoms with van der Waals surface area (Å²) in [6, 6.07) is -0.686. The van der Waals surface area contributed by atoms with Crippen molar-refractivity contribution in [2.24, 2.45) is 11.8 Å². The predicted octanol–water partition coefficient (Wildman–Crippen LogP) is 3.34. The van der Waals surface area contributed by atoms with Crippen molar-refractivity contribution in [2.45, 2.75) is 98.0 Å². The van der Waals surface area contributed by atoms with Gasteiger partial charge in [-0.25, -0.2) is 0 Å². The summed E-state index contributed by atoms with van der Waals surface area (Å²) < 4.78 is 24.1. The number of hydroxylamine groups is 2. The Balaban J connectivity index is 2.01. The van der Waals surface area contributed by atoms with E-state index in [1.165, 1.54) is 5.06 Å². The molecule has 0 aromatic heterocycles. The third-order valence-electron chi connectivity index (χ3n) is 7.59. The highest BCUT2D eigenvalue weighted by molar-refractivity contribution is 7.54. The van der Waals surface area contributed by atoms with Gasteiger partial charge in [0.1, 0.15) is 12.2 Å². The van der Waals surface area contributed by atoms with Gasteiger partial charge in [-0.1, -0.05) is 27.7 Å². The molecule has 1 unspecified atom stereocenters. The second-order valence-electron chi connectivity index (χ2n) is 11.8.